The van der Waals surface area contributed by atoms with E-state index >= 15 is 0 Å². The van der Waals surface area contributed by atoms with Crippen LogP contribution in [0.15, 0.2) is 30.3 Å². The van der Waals surface area contributed by atoms with E-state index in [9.17, 15) is 9.59 Å². The number of carbonyl (C=O) groups excluding carboxylic acids is 2. The highest BCUT2D eigenvalue weighted by Crippen LogP contribution is 2.28. The third kappa shape index (κ3) is 2.97. The highest BCUT2D eigenvalue weighted by molar-refractivity contribution is 6.04. The highest BCUT2D eigenvalue weighted by Gasteiger charge is 2.30. The molecule has 7 nitrogen and oxygen atoms in total. The van der Waals surface area contributed by atoms with E-state index < -0.39 is 0 Å². The van der Waals surface area contributed by atoms with Gasteiger partial charge in [-0.05, 0) is 26.0 Å². The number of H-pyrrole nitrogens is 1. The number of anilines is 1. The Hall–Kier alpha value is -2.83. The molecule has 1 aromatic carbocycles. The van der Waals surface area contributed by atoms with Crippen LogP contribution < -0.4 is 5.32 Å². The van der Waals surface area contributed by atoms with Gasteiger partial charge in [0.1, 0.15) is 0 Å². The molecule has 1 aliphatic rings. The van der Waals surface area contributed by atoms with Crippen LogP contribution in [0.5, 0.6) is 0 Å². The second kappa shape index (κ2) is 6.74. The van der Waals surface area contributed by atoms with Gasteiger partial charge in [-0.15, -0.1) is 0 Å². The summed E-state index contributed by atoms with van der Waals surface area (Å²) in [7, 11) is 0. The molecule has 2 heterocycles. The number of carbonyl (C=O) groups is 2. The Balaban J connectivity index is 1.71. The van der Waals surface area contributed by atoms with Gasteiger partial charge in [0, 0.05) is 24.2 Å². The molecule has 3 rings (SSSR count). The Morgan fingerprint density at radius 3 is 2.58 bits per heavy atom. The van der Waals surface area contributed by atoms with Crippen LogP contribution in [0.1, 0.15) is 35.5 Å². The van der Waals surface area contributed by atoms with Crippen molar-refractivity contribution in [3.63, 3.8) is 0 Å². The third-order valence-corrected chi connectivity index (χ3v) is 4.22. The quantitative estimate of drug-likeness (QED) is 0.905. The molecule has 0 radical (unpaired) electrons. The molecule has 2 N–H and O–H groups in total. The van der Waals surface area contributed by atoms with Crippen LogP contribution in [0.2, 0.25) is 0 Å². The Labute approximate surface area is 140 Å². The van der Waals surface area contributed by atoms with Crippen LogP contribution >= 0.6 is 0 Å². The van der Waals surface area contributed by atoms with Gasteiger partial charge in [-0.2, -0.15) is 5.10 Å². The van der Waals surface area contributed by atoms with E-state index in [1.807, 2.05) is 32.0 Å². The minimum absolute atomic E-state index is 0.00457. The first-order chi connectivity index (χ1) is 11.6. The first-order valence-corrected chi connectivity index (χ1v) is 8.10. The van der Waals surface area contributed by atoms with Crippen LogP contribution in [0, 0.1) is 0 Å². The molecule has 0 saturated carbocycles. The Kier molecular flexibility index (Phi) is 4.50. The highest BCUT2D eigenvalue weighted by atomic mass is 16.2. The van der Waals surface area contributed by atoms with Gasteiger partial charge in [-0.3, -0.25) is 9.89 Å². The van der Waals surface area contributed by atoms with Gasteiger partial charge in [0.05, 0.1) is 18.8 Å². The number of nitrogens with zero attached hydrogens (tertiary/aromatic N) is 3. The fourth-order valence-corrected chi connectivity index (χ4v) is 2.84. The Morgan fingerprint density at radius 1 is 1.21 bits per heavy atom. The number of fused-ring (bicyclic) bond motifs is 1. The normalized spacial score (nSPS) is 12.8. The van der Waals surface area contributed by atoms with Gasteiger partial charge in [-0.1, -0.05) is 18.2 Å². The van der Waals surface area contributed by atoms with E-state index in [1.54, 1.807) is 21.9 Å². The standard InChI is InChI=1S/C17H21N5O2/c1-3-21(4-2)17(24)22-10-13-14(11-22)19-20-15(13)18-16(23)12-8-6-5-7-9-12/h5-9H,3-4,10-11H2,1-2H3,(H2,18,19,20,23). The summed E-state index contributed by atoms with van der Waals surface area (Å²) in [5.74, 6) is 0.284. The van der Waals surface area contributed by atoms with Crippen LogP contribution in [0.3, 0.4) is 0 Å². The fourth-order valence-electron chi connectivity index (χ4n) is 2.84. The maximum atomic E-state index is 12.5. The van der Waals surface area contributed by atoms with Crippen LogP contribution in [-0.2, 0) is 13.1 Å². The first kappa shape index (κ1) is 16.0. The number of benzene rings is 1. The van der Waals surface area contributed by atoms with Crippen molar-refractivity contribution in [2.24, 2.45) is 0 Å². The van der Waals surface area contributed by atoms with Crippen molar-refractivity contribution in [1.82, 2.24) is 20.0 Å². The summed E-state index contributed by atoms with van der Waals surface area (Å²) in [6.07, 6.45) is 0. The first-order valence-electron chi connectivity index (χ1n) is 8.10. The number of aromatic nitrogens is 2. The molecular formula is C17H21N5O2. The third-order valence-electron chi connectivity index (χ3n) is 4.22. The van der Waals surface area contributed by atoms with Crippen molar-refractivity contribution < 1.29 is 9.59 Å². The number of hydrogen-bond donors (Lipinski definition) is 2. The lowest BCUT2D eigenvalue weighted by Gasteiger charge is -2.25. The second-order valence-electron chi connectivity index (χ2n) is 5.66. The smallest absolute Gasteiger partial charge is 0.320 e. The number of hydrogen-bond acceptors (Lipinski definition) is 3. The van der Waals surface area contributed by atoms with Gasteiger partial charge >= 0.3 is 6.03 Å². The molecular weight excluding hydrogens is 306 g/mol. The van der Waals surface area contributed by atoms with Crippen LogP contribution in [0.25, 0.3) is 0 Å². The average molecular weight is 327 g/mol. The molecule has 0 unspecified atom stereocenters. The van der Waals surface area contributed by atoms with Crippen molar-refractivity contribution >= 4 is 17.8 Å². The van der Waals surface area contributed by atoms with Gasteiger partial charge < -0.3 is 15.1 Å². The lowest BCUT2D eigenvalue weighted by molar-refractivity contribution is 0.102. The number of amides is 3. The zero-order valence-electron chi connectivity index (χ0n) is 13.9. The van der Waals surface area contributed by atoms with Gasteiger partial charge in [0.15, 0.2) is 5.82 Å². The molecule has 7 heteroatoms. The number of nitrogens with one attached hydrogen (secondary N) is 2. The molecule has 0 spiro atoms. The Bertz CT molecular complexity index is 737. The van der Waals surface area contributed by atoms with Crippen molar-refractivity contribution in [1.29, 1.82) is 0 Å². The molecule has 0 saturated heterocycles. The van der Waals surface area contributed by atoms with Crippen LogP contribution in [0.4, 0.5) is 10.6 Å². The summed E-state index contributed by atoms with van der Waals surface area (Å²) < 4.78 is 0. The molecule has 1 aliphatic heterocycles. The molecule has 1 aromatic heterocycles. The van der Waals surface area contributed by atoms with E-state index in [-0.39, 0.29) is 11.9 Å². The summed E-state index contributed by atoms with van der Waals surface area (Å²) in [6.45, 7) is 6.21. The topological polar surface area (TPSA) is 81.3 Å². The van der Waals surface area contributed by atoms with Crippen molar-refractivity contribution in [3.8, 4) is 0 Å². The molecule has 0 aliphatic carbocycles. The lowest BCUT2D eigenvalue weighted by Crippen LogP contribution is -2.40. The molecule has 2 aromatic rings. The maximum Gasteiger partial charge on any atom is 0.320 e. The van der Waals surface area contributed by atoms with Crippen LogP contribution in [-0.4, -0.2) is 45.0 Å². The van der Waals surface area contributed by atoms with E-state index in [0.29, 0.717) is 37.6 Å². The van der Waals surface area contributed by atoms with E-state index in [0.717, 1.165) is 11.3 Å². The predicted octanol–water partition coefficient (Wildman–Crippen LogP) is 2.44. The molecule has 126 valence electrons. The Morgan fingerprint density at radius 2 is 1.92 bits per heavy atom. The van der Waals surface area contributed by atoms with Gasteiger partial charge in [-0.25, -0.2) is 4.79 Å². The van der Waals surface area contributed by atoms with Gasteiger partial charge in [0.25, 0.3) is 5.91 Å². The van der Waals surface area contributed by atoms with E-state index in [2.05, 4.69) is 15.5 Å². The van der Waals surface area contributed by atoms with Crippen molar-refractivity contribution in [3.05, 3.63) is 47.2 Å². The molecule has 0 bridgehead atoms. The average Bonchev–Trinajstić information content (AvgIpc) is 3.18. The monoisotopic (exact) mass is 327 g/mol. The van der Waals surface area contributed by atoms with Crippen molar-refractivity contribution in [2.75, 3.05) is 18.4 Å². The summed E-state index contributed by atoms with van der Waals surface area (Å²) in [5.41, 5.74) is 2.32. The zero-order chi connectivity index (χ0) is 17.1. The zero-order valence-corrected chi connectivity index (χ0v) is 13.9. The SMILES string of the molecule is CCN(CC)C(=O)N1Cc2[nH]nc(NC(=O)c3ccccc3)c2C1. The largest absolute Gasteiger partial charge is 0.325 e. The number of urea groups is 1. The molecule has 0 fully saturated rings. The fraction of sp³-hybridized carbons (Fsp3) is 0.353. The maximum absolute atomic E-state index is 12.5. The summed E-state index contributed by atoms with van der Waals surface area (Å²) >= 11 is 0. The number of aromatic amines is 1. The summed E-state index contributed by atoms with van der Waals surface area (Å²) in [5, 5.41) is 9.92. The summed E-state index contributed by atoms with van der Waals surface area (Å²) in [4.78, 5) is 28.3. The molecule has 24 heavy (non-hydrogen) atoms. The number of rotatable bonds is 4. The van der Waals surface area contributed by atoms with E-state index in [1.165, 1.54) is 0 Å². The summed E-state index contributed by atoms with van der Waals surface area (Å²) in [6, 6.07) is 8.99. The van der Waals surface area contributed by atoms with Gasteiger partial charge in [0.2, 0.25) is 0 Å². The van der Waals surface area contributed by atoms with Crippen molar-refractivity contribution in [2.45, 2.75) is 26.9 Å². The van der Waals surface area contributed by atoms with E-state index in [4.69, 9.17) is 0 Å². The molecule has 3 amide bonds. The lowest BCUT2D eigenvalue weighted by atomic mass is 10.2. The predicted molar refractivity (Wildman–Crippen MR) is 90.5 cm³/mol. The minimum atomic E-state index is -0.210. The molecule has 0 atom stereocenters. The second-order valence-corrected chi connectivity index (χ2v) is 5.66. The minimum Gasteiger partial charge on any atom is -0.325 e.